The van der Waals surface area contributed by atoms with Crippen LogP contribution in [0.15, 0.2) is 158 Å². The third kappa shape index (κ3) is 5.07. The minimum atomic E-state index is -0.186. The highest BCUT2D eigenvalue weighted by Crippen LogP contribution is 2.52. The molecule has 1 aliphatic carbocycles. The van der Waals surface area contributed by atoms with Crippen LogP contribution in [0.5, 0.6) is 0 Å². The zero-order valence-electron chi connectivity index (χ0n) is 27.4. The molecule has 7 aromatic rings. The predicted molar refractivity (Wildman–Crippen MR) is 200 cm³/mol. The average molecular weight is 607 g/mol. The molecule has 0 saturated heterocycles. The van der Waals surface area contributed by atoms with Crippen LogP contribution in [0.4, 0.5) is 34.1 Å². The molecule has 0 fully saturated rings. The summed E-state index contributed by atoms with van der Waals surface area (Å²) in [6.07, 6.45) is 0. The summed E-state index contributed by atoms with van der Waals surface area (Å²) in [6, 6.07) is 57.7. The fourth-order valence-electron chi connectivity index (χ4n) is 7.17. The Hall–Kier alpha value is -5.60. The van der Waals surface area contributed by atoms with Crippen molar-refractivity contribution in [3.8, 4) is 11.1 Å². The lowest BCUT2D eigenvalue weighted by Crippen LogP contribution is -2.17. The van der Waals surface area contributed by atoms with Crippen molar-refractivity contribution in [2.24, 2.45) is 0 Å². The molecule has 8 rings (SSSR count). The van der Waals surface area contributed by atoms with Crippen molar-refractivity contribution in [1.82, 2.24) is 0 Å². The number of anilines is 6. The van der Waals surface area contributed by atoms with Crippen molar-refractivity contribution in [3.05, 3.63) is 180 Å². The molecular weight excluding hydrogens is 569 g/mol. The van der Waals surface area contributed by atoms with Gasteiger partial charge in [0, 0.05) is 39.5 Å². The van der Waals surface area contributed by atoms with Crippen LogP contribution in [0.25, 0.3) is 21.9 Å². The lowest BCUT2D eigenvalue weighted by atomic mass is 9.82. The van der Waals surface area contributed by atoms with E-state index in [9.17, 15) is 0 Å². The molecule has 0 spiro atoms. The van der Waals surface area contributed by atoms with Crippen LogP contribution in [0, 0.1) is 13.8 Å². The SMILES string of the molecule is Cc1ccc(N(c2ccc(C)cc2)c2ccc3c(c2)C(C)(C)c2cc(N(c4ccccc4)c4ccc5ccccc5c4)ccc2-3)cc1. The summed E-state index contributed by atoms with van der Waals surface area (Å²) in [5.41, 5.74) is 14.6. The molecule has 7 aromatic carbocycles. The van der Waals surface area contributed by atoms with Gasteiger partial charge in [0.15, 0.2) is 0 Å². The van der Waals surface area contributed by atoms with Gasteiger partial charge >= 0.3 is 0 Å². The van der Waals surface area contributed by atoms with Gasteiger partial charge in [0.05, 0.1) is 0 Å². The normalized spacial score (nSPS) is 12.9. The Balaban J connectivity index is 1.24. The van der Waals surface area contributed by atoms with Gasteiger partial charge in [-0.1, -0.05) is 110 Å². The highest BCUT2D eigenvalue weighted by molar-refractivity contribution is 5.91. The molecule has 47 heavy (non-hydrogen) atoms. The molecule has 2 heteroatoms. The van der Waals surface area contributed by atoms with Crippen LogP contribution in [-0.2, 0) is 5.41 Å². The number of para-hydroxylation sites is 1. The van der Waals surface area contributed by atoms with E-state index in [1.807, 2.05) is 0 Å². The minimum Gasteiger partial charge on any atom is -0.310 e. The van der Waals surface area contributed by atoms with Gasteiger partial charge in [0.25, 0.3) is 0 Å². The van der Waals surface area contributed by atoms with E-state index in [1.165, 1.54) is 49.8 Å². The Bertz CT molecular complexity index is 2180. The number of nitrogens with zero attached hydrogens (tertiary/aromatic N) is 2. The molecule has 0 heterocycles. The first-order valence-corrected chi connectivity index (χ1v) is 16.4. The molecule has 0 amide bonds. The summed E-state index contributed by atoms with van der Waals surface area (Å²) in [5, 5.41) is 2.48. The lowest BCUT2D eigenvalue weighted by Gasteiger charge is -2.29. The maximum atomic E-state index is 2.41. The fraction of sp³-hybridized carbons (Fsp3) is 0.111. The van der Waals surface area contributed by atoms with E-state index in [2.05, 4.69) is 195 Å². The summed E-state index contributed by atoms with van der Waals surface area (Å²) < 4.78 is 0. The molecule has 1 aliphatic rings. The molecule has 0 saturated carbocycles. The third-order valence-electron chi connectivity index (χ3n) is 9.75. The van der Waals surface area contributed by atoms with Crippen molar-refractivity contribution in [2.45, 2.75) is 33.1 Å². The lowest BCUT2D eigenvalue weighted by molar-refractivity contribution is 0.660. The van der Waals surface area contributed by atoms with Crippen molar-refractivity contribution >= 4 is 44.9 Å². The molecule has 0 aromatic heterocycles. The second-order valence-corrected chi connectivity index (χ2v) is 13.3. The third-order valence-corrected chi connectivity index (χ3v) is 9.75. The molecule has 2 nitrogen and oxygen atoms in total. The molecule has 0 N–H and O–H groups in total. The Labute approximate surface area is 278 Å². The fourth-order valence-corrected chi connectivity index (χ4v) is 7.17. The van der Waals surface area contributed by atoms with Crippen molar-refractivity contribution < 1.29 is 0 Å². The van der Waals surface area contributed by atoms with Gasteiger partial charge < -0.3 is 9.80 Å². The van der Waals surface area contributed by atoms with Crippen LogP contribution in [0.1, 0.15) is 36.1 Å². The summed E-state index contributed by atoms with van der Waals surface area (Å²) >= 11 is 0. The second-order valence-electron chi connectivity index (χ2n) is 13.3. The van der Waals surface area contributed by atoms with Gasteiger partial charge in [-0.25, -0.2) is 0 Å². The monoisotopic (exact) mass is 606 g/mol. The molecule has 228 valence electrons. The molecule has 0 bridgehead atoms. The summed E-state index contributed by atoms with van der Waals surface area (Å²) in [5.74, 6) is 0. The first-order chi connectivity index (χ1) is 22.9. The summed E-state index contributed by atoms with van der Waals surface area (Å²) in [6.45, 7) is 9.02. The zero-order valence-corrected chi connectivity index (χ0v) is 27.4. The Morgan fingerprint density at radius 2 is 0.766 bits per heavy atom. The smallest absolute Gasteiger partial charge is 0.0468 e. The van der Waals surface area contributed by atoms with Crippen LogP contribution >= 0.6 is 0 Å². The second kappa shape index (κ2) is 11.3. The maximum Gasteiger partial charge on any atom is 0.0468 e. The van der Waals surface area contributed by atoms with Crippen LogP contribution in [0.3, 0.4) is 0 Å². The number of hydrogen-bond donors (Lipinski definition) is 0. The first kappa shape index (κ1) is 28.8. The summed E-state index contributed by atoms with van der Waals surface area (Å²) in [7, 11) is 0. The number of hydrogen-bond acceptors (Lipinski definition) is 2. The molecular formula is C45H38N2. The predicted octanol–water partition coefficient (Wildman–Crippen LogP) is 12.7. The first-order valence-electron chi connectivity index (χ1n) is 16.4. The van der Waals surface area contributed by atoms with Crippen molar-refractivity contribution in [3.63, 3.8) is 0 Å². The molecule has 0 unspecified atom stereocenters. The van der Waals surface area contributed by atoms with Crippen molar-refractivity contribution in [1.29, 1.82) is 0 Å². The number of fused-ring (bicyclic) bond motifs is 4. The van der Waals surface area contributed by atoms with E-state index >= 15 is 0 Å². The van der Waals surface area contributed by atoms with Gasteiger partial charge in [-0.05, 0) is 120 Å². The largest absolute Gasteiger partial charge is 0.310 e. The van der Waals surface area contributed by atoms with E-state index < -0.39 is 0 Å². The van der Waals surface area contributed by atoms with Gasteiger partial charge in [-0.3, -0.25) is 0 Å². The van der Waals surface area contributed by atoms with E-state index in [0.717, 1.165) is 28.4 Å². The zero-order chi connectivity index (χ0) is 32.1. The highest BCUT2D eigenvalue weighted by Gasteiger charge is 2.36. The van der Waals surface area contributed by atoms with Crippen LogP contribution < -0.4 is 9.80 Å². The van der Waals surface area contributed by atoms with Crippen LogP contribution in [0.2, 0.25) is 0 Å². The minimum absolute atomic E-state index is 0.186. The topological polar surface area (TPSA) is 6.48 Å². The Kier molecular flexibility index (Phi) is 6.95. The molecule has 0 aliphatic heterocycles. The van der Waals surface area contributed by atoms with E-state index in [0.29, 0.717) is 0 Å². The van der Waals surface area contributed by atoms with Gasteiger partial charge in [0.1, 0.15) is 0 Å². The standard InChI is InChI=1S/C45H38N2/c1-31-14-19-36(20-15-31)46(37-21-16-32(2)17-22-37)39-24-26-41-42-27-25-40(30-44(42)45(3,4)43(41)29-39)47(35-12-6-5-7-13-35)38-23-18-33-10-8-9-11-34(33)28-38/h5-30H,1-4H3. The van der Waals surface area contributed by atoms with E-state index in [4.69, 9.17) is 0 Å². The van der Waals surface area contributed by atoms with Gasteiger partial charge in [-0.15, -0.1) is 0 Å². The maximum absolute atomic E-state index is 2.41. The molecule has 0 atom stereocenters. The number of aryl methyl sites for hydroxylation is 2. The van der Waals surface area contributed by atoms with Gasteiger partial charge in [0.2, 0.25) is 0 Å². The van der Waals surface area contributed by atoms with E-state index in [-0.39, 0.29) is 5.41 Å². The Morgan fingerprint density at radius 1 is 0.362 bits per heavy atom. The average Bonchev–Trinajstić information content (AvgIpc) is 3.32. The molecule has 0 radical (unpaired) electrons. The summed E-state index contributed by atoms with van der Waals surface area (Å²) in [4.78, 5) is 4.76. The van der Waals surface area contributed by atoms with Crippen molar-refractivity contribution in [2.75, 3.05) is 9.80 Å². The quantitative estimate of drug-likeness (QED) is 0.186. The van der Waals surface area contributed by atoms with Crippen LogP contribution in [-0.4, -0.2) is 0 Å². The van der Waals surface area contributed by atoms with E-state index in [1.54, 1.807) is 0 Å². The Morgan fingerprint density at radius 3 is 1.32 bits per heavy atom. The number of rotatable bonds is 6. The van der Waals surface area contributed by atoms with Gasteiger partial charge in [-0.2, -0.15) is 0 Å². The number of benzene rings is 7. The highest BCUT2D eigenvalue weighted by atomic mass is 15.1.